The lowest BCUT2D eigenvalue weighted by Gasteiger charge is -1.87. The Kier molecular flexibility index (Phi) is 2.71. The Bertz CT molecular complexity index is 199. The van der Waals surface area contributed by atoms with Crippen molar-refractivity contribution in [1.82, 2.24) is 4.98 Å². The summed E-state index contributed by atoms with van der Waals surface area (Å²) in [6, 6.07) is 0. The van der Waals surface area contributed by atoms with E-state index in [1.807, 2.05) is 0 Å². The summed E-state index contributed by atoms with van der Waals surface area (Å²) < 4.78 is 9.76. The first-order valence-corrected chi connectivity index (χ1v) is 3.38. The Balaban J connectivity index is 2.59. The van der Waals surface area contributed by atoms with Gasteiger partial charge in [-0.25, -0.2) is 4.98 Å². The molecule has 0 aromatic carbocycles. The predicted molar refractivity (Wildman–Crippen MR) is 36.8 cm³/mol. The van der Waals surface area contributed by atoms with Gasteiger partial charge >= 0.3 is 0 Å². The molecule has 1 aromatic heterocycles. The normalized spacial score (nSPS) is 10.2. The second-order valence-corrected chi connectivity index (χ2v) is 2.07. The molecule has 0 aliphatic rings. The molecule has 0 radical (unpaired) electrons. The van der Waals surface area contributed by atoms with Crippen molar-refractivity contribution >= 4 is 11.6 Å². The van der Waals surface area contributed by atoms with E-state index in [0.29, 0.717) is 18.4 Å². The summed E-state index contributed by atoms with van der Waals surface area (Å²) in [4.78, 5) is 3.99. The molecule has 0 aliphatic carbocycles. The summed E-state index contributed by atoms with van der Waals surface area (Å²) in [6.07, 6.45) is 1.53. The summed E-state index contributed by atoms with van der Waals surface area (Å²) in [5, 5.41) is 0. The third-order valence-electron chi connectivity index (χ3n) is 1.00. The number of alkyl halides is 1. The molecule has 0 spiro atoms. The highest BCUT2D eigenvalue weighted by atomic mass is 35.5. The first-order valence-electron chi connectivity index (χ1n) is 2.85. The van der Waals surface area contributed by atoms with E-state index in [1.54, 1.807) is 7.11 Å². The Hall–Kier alpha value is -0.540. The maximum atomic E-state index is 5.48. The number of rotatable bonds is 3. The maximum Gasteiger partial charge on any atom is 0.220 e. The van der Waals surface area contributed by atoms with Gasteiger partial charge in [-0.2, -0.15) is 0 Å². The molecule has 10 heavy (non-hydrogen) atoms. The number of nitrogens with zero attached hydrogens (tertiary/aromatic N) is 1. The van der Waals surface area contributed by atoms with Crippen LogP contribution in [0.2, 0.25) is 0 Å². The van der Waals surface area contributed by atoms with Gasteiger partial charge in [-0.1, -0.05) is 0 Å². The molecule has 3 nitrogen and oxygen atoms in total. The fourth-order valence-corrected chi connectivity index (χ4v) is 0.723. The smallest absolute Gasteiger partial charge is 0.220 e. The van der Waals surface area contributed by atoms with Crippen LogP contribution < -0.4 is 0 Å². The van der Waals surface area contributed by atoms with Crippen molar-refractivity contribution in [2.75, 3.05) is 7.11 Å². The van der Waals surface area contributed by atoms with Crippen molar-refractivity contribution in [2.24, 2.45) is 0 Å². The van der Waals surface area contributed by atoms with E-state index < -0.39 is 0 Å². The third kappa shape index (κ3) is 1.72. The van der Waals surface area contributed by atoms with E-state index >= 15 is 0 Å². The van der Waals surface area contributed by atoms with Crippen molar-refractivity contribution in [2.45, 2.75) is 12.5 Å². The van der Waals surface area contributed by atoms with Crippen LogP contribution in [0.1, 0.15) is 11.6 Å². The predicted octanol–water partition coefficient (Wildman–Crippen LogP) is 1.56. The minimum absolute atomic E-state index is 0.382. The van der Waals surface area contributed by atoms with Gasteiger partial charge in [-0.15, -0.1) is 11.6 Å². The molecule has 0 saturated heterocycles. The van der Waals surface area contributed by atoms with E-state index in [1.165, 1.54) is 6.26 Å². The minimum atomic E-state index is 0.382. The summed E-state index contributed by atoms with van der Waals surface area (Å²) in [5.74, 6) is 0.950. The van der Waals surface area contributed by atoms with E-state index in [4.69, 9.17) is 20.8 Å². The highest BCUT2D eigenvalue weighted by Gasteiger charge is 2.00. The molecular weight excluding hydrogens is 154 g/mol. The molecule has 1 heterocycles. The zero-order valence-electron chi connectivity index (χ0n) is 5.63. The molecule has 0 amide bonds. The molecule has 56 valence electrons. The van der Waals surface area contributed by atoms with E-state index in [2.05, 4.69) is 4.98 Å². The van der Waals surface area contributed by atoms with Gasteiger partial charge in [0.2, 0.25) is 5.89 Å². The lowest BCUT2D eigenvalue weighted by molar-refractivity contribution is 0.159. The van der Waals surface area contributed by atoms with Crippen molar-refractivity contribution in [3.05, 3.63) is 17.8 Å². The molecule has 0 atom stereocenters. The van der Waals surface area contributed by atoms with Crippen LogP contribution >= 0.6 is 11.6 Å². The van der Waals surface area contributed by atoms with Crippen LogP contribution in [-0.4, -0.2) is 12.1 Å². The number of ether oxygens (including phenoxy) is 1. The summed E-state index contributed by atoms with van der Waals surface area (Å²) in [5.41, 5.74) is 0.744. The van der Waals surface area contributed by atoms with Crippen molar-refractivity contribution in [1.29, 1.82) is 0 Å². The summed E-state index contributed by atoms with van der Waals surface area (Å²) >= 11 is 5.48. The molecule has 0 aliphatic heterocycles. The molecule has 0 saturated carbocycles. The van der Waals surface area contributed by atoms with E-state index in [0.717, 1.165) is 5.69 Å². The van der Waals surface area contributed by atoms with Crippen molar-refractivity contribution in [3.8, 4) is 0 Å². The van der Waals surface area contributed by atoms with Crippen LogP contribution in [0, 0.1) is 0 Å². The van der Waals surface area contributed by atoms with E-state index in [-0.39, 0.29) is 0 Å². The van der Waals surface area contributed by atoms with Crippen LogP contribution in [0.25, 0.3) is 0 Å². The van der Waals surface area contributed by atoms with Gasteiger partial charge in [0.15, 0.2) is 0 Å². The SMILES string of the molecule is COCc1nc(CCl)co1. The number of oxazole rings is 1. The van der Waals surface area contributed by atoms with Crippen LogP contribution in [-0.2, 0) is 17.2 Å². The van der Waals surface area contributed by atoms with Gasteiger partial charge in [-0.05, 0) is 0 Å². The number of halogens is 1. The van der Waals surface area contributed by atoms with Crippen LogP contribution in [0.4, 0.5) is 0 Å². The first-order chi connectivity index (χ1) is 4.86. The number of aromatic nitrogens is 1. The van der Waals surface area contributed by atoms with Gasteiger partial charge in [0.25, 0.3) is 0 Å². The standard InChI is InChI=1S/C6H8ClNO2/c1-9-4-6-8-5(2-7)3-10-6/h3H,2,4H2,1H3. The fraction of sp³-hybridized carbons (Fsp3) is 0.500. The number of methoxy groups -OCH3 is 1. The maximum absolute atomic E-state index is 5.48. The number of hydrogen-bond acceptors (Lipinski definition) is 3. The van der Waals surface area contributed by atoms with Crippen LogP contribution in [0.15, 0.2) is 10.7 Å². The molecule has 0 N–H and O–H groups in total. The lowest BCUT2D eigenvalue weighted by Crippen LogP contribution is -1.87. The minimum Gasteiger partial charge on any atom is -0.446 e. The van der Waals surface area contributed by atoms with Gasteiger partial charge in [0.1, 0.15) is 12.9 Å². The average molecular weight is 162 g/mol. The Morgan fingerprint density at radius 2 is 2.60 bits per heavy atom. The van der Waals surface area contributed by atoms with E-state index in [9.17, 15) is 0 Å². The van der Waals surface area contributed by atoms with Gasteiger partial charge in [0, 0.05) is 7.11 Å². The first kappa shape index (κ1) is 7.57. The highest BCUT2D eigenvalue weighted by molar-refractivity contribution is 6.16. The van der Waals surface area contributed by atoms with Crippen molar-refractivity contribution in [3.63, 3.8) is 0 Å². The zero-order valence-corrected chi connectivity index (χ0v) is 6.39. The molecule has 1 aromatic rings. The quantitative estimate of drug-likeness (QED) is 0.632. The Labute approximate surface area is 64.0 Å². The monoisotopic (exact) mass is 161 g/mol. The molecule has 4 heteroatoms. The Morgan fingerprint density at radius 1 is 1.80 bits per heavy atom. The second-order valence-electron chi connectivity index (χ2n) is 1.80. The van der Waals surface area contributed by atoms with Gasteiger partial charge in [0.05, 0.1) is 11.6 Å². The van der Waals surface area contributed by atoms with Gasteiger partial charge in [-0.3, -0.25) is 0 Å². The largest absolute Gasteiger partial charge is 0.446 e. The summed E-state index contributed by atoms with van der Waals surface area (Å²) in [6.45, 7) is 0.400. The average Bonchev–Trinajstić information content (AvgIpc) is 2.37. The Morgan fingerprint density at radius 3 is 3.10 bits per heavy atom. The molecule has 0 fully saturated rings. The topological polar surface area (TPSA) is 35.3 Å². The molecule has 1 rings (SSSR count). The van der Waals surface area contributed by atoms with Crippen LogP contribution in [0.5, 0.6) is 0 Å². The van der Waals surface area contributed by atoms with Crippen LogP contribution in [0.3, 0.4) is 0 Å². The fourth-order valence-electron chi connectivity index (χ4n) is 0.600. The van der Waals surface area contributed by atoms with Crippen molar-refractivity contribution < 1.29 is 9.15 Å². The van der Waals surface area contributed by atoms with Gasteiger partial charge < -0.3 is 9.15 Å². The molecular formula is C6H8ClNO2. The number of hydrogen-bond donors (Lipinski definition) is 0. The second kappa shape index (κ2) is 3.58. The lowest BCUT2D eigenvalue weighted by atomic mass is 10.6. The summed E-state index contributed by atoms with van der Waals surface area (Å²) in [7, 11) is 1.59. The highest BCUT2D eigenvalue weighted by Crippen LogP contribution is 2.04. The molecule has 0 unspecified atom stereocenters. The third-order valence-corrected chi connectivity index (χ3v) is 1.28. The zero-order chi connectivity index (χ0) is 7.40. The molecule has 0 bridgehead atoms.